The molecule has 0 N–H and O–H groups in total. The predicted molar refractivity (Wildman–Crippen MR) is 111 cm³/mol. The Morgan fingerprint density at radius 3 is 2.48 bits per heavy atom. The Balaban J connectivity index is 1.68. The zero-order chi connectivity index (χ0) is 19.0. The maximum absolute atomic E-state index is 13.5. The Morgan fingerprint density at radius 2 is 1.81 bits per heavy atom. The maximum atomic E-state index is 13.5. The lowest BCUT2D eigenvalue weighted by Crippen LogP contribution is -2.39. The zero-order valence-electron chi connectivity index (χ0n) is 15.2. The van der Waals surface area contributed by atoms with Crippen LogP contribution in [0.5, 0.6) is 5.75 Å². The molecule has 1 aromatic heterocycles. The summed E-state index contributed by atoms with van der Waals surface area (Å²) in [4.78, 5) is 16.5. The highest BCUT2D eigenvalue weighted by Gasteiger charge is 2.47. The van der Waals surface area contributed by atoms with Crippen LogP contribution in [0.15, 0.2) is 60.7 Å². The number of benzene rings is 2. The van der Waals surface area contributed by atoms with Gasteiger partial charge in [0, 0.05) is 17.0 Å². The minimum absolute atomic E-state index is 0.129. The number of carbonyl (C=O) groups is 1. The number of methoxy groups -OCH3 is 1. The van der Waals surface area contributed by atoms with Crippen molar-refractivity contribution in [2.75, 3.05) is 12.0 Å². The standard InChI is InChI=1S/C22H20ClNO2S/c1-22(13-17-11-12-20(23)27-17)18-5-3-4-6-19(18)24(21(22)25)14-15-7-9-16(26-2)10-8-15/h3-12H,13-14H2,1-2H3. The van der Waals surface area contributed by atoms with E-state index in [0.717, 1.165) is 31.8 Å². The summed E-state index contributed by atoms with van der Waals surface area (Å²) in [6, 6.07) is 19.9. The summed E-state index contributed by atoms with van der Waals surface area (Å²) >= 11 is 7.64. The van der Waals surface area contributed by atoms with Crippen LogP contribution in [-0.4, -0.2) is 13.0 Å². The van der Waals surface area contributed by atoms with E-state index in [-0.39, 0.29) is 5.91 Å². The van der Waals surface area contributed by atoms with Gasteiger partial charge in [0.2, 0.25) is 5.91 Å². The van der Waals surface area contributed by atoms with E-state index in [0.29, 0.717) is 13.0 Å². The van der Waals surface area contributed by atoms with Gasteiger partial charge in [-0.25, -0.2) is 0 Å². The van der Waals surface area contributed by atoms with Gasteiger partial charge in [0.05, 0.1) is 23.4 Å². The highest BCUT2D eigenvalue weighted by atomic mass is 35.5. The van der Waals surface area contributed by atoms with Crippen molar-refractivity contribution in [3.63, 3.8) is 0 Å². The van der Waals surface area contributed by atoms with E-state index in [1.807, 2.05) is 66.4 Å². The number of amides is 1. The Labute approximate surface area is 168 Å². The smallest absolute Gasteiger partial charge is 0.238 e. The molecule has 0 saturated heterocycles. The number of anilines is 1. The first-order valence-electron chi connectivity index (χ1n) is 8.80. The van der Waals surface area contributed by atoms with Gasteiger partial charge in [-0.05, 0) is 48.4 Å². The van der Waals surface area contributed by atoms with Gasteiger partial charge in [-0.15, -0.1) is 11.3 Å². The third kappa shape index (κ3) is 3.24. The molecule has 2 aromatic carbocycles. The summed E-state index contributed by atoms with van der Waals surface area (Å²) in [6.45, 7) is 2.58. The van der Waals surface area contributed by atoms with Crippen LogP contribution in [0.4, 0.5) is 5.69 Å². The van der Waals surface area contributed by atoms with Gasteiger partial charge in [-0.1, -0.05) is 41.9 Å². The minimum atomic E-state index is -0.586. The number of para-hydroxylation sites is 1. The maximum Gasteiger partial charge on any atom is 0.238 e. The largest absolute Gasteiger partial charge is 0.497 e. The molecular formula is C22H20ClNO2S. The number of rotatable bonds is 5. The number of ether oxygens (including phenoxy) is 1. The molecule has 1 amide bonds. The van der Waals surface area contributed by atoms with Crippen LogP contribution < -0.4 is 9.64 Å². The molecule has 5 heteroatoms. The number of thiophene rings is 1. The average molecular weight is 398 g/mol. The molecule has 3 nitrogen and oxygen atoms in total. The second-order valence-corrected chi connectivity index (χ2v) is 8.77. The summed E-state index contributed by atoms with van der Waals surface area (Å²) in [5.74, 6) is 0.940. The molecule has 1 unspecified atom stereocenters. The summed E-state index contributed by atoms with van der Waals surface area (Å²) in [5.41, 5.74) is 2.55. The van der Waals surface area contributed by atoms with Crippen LogP contribution >= 0.6 is 22.9 Å². The summed E-state index contributed by atoms with van der Waals surface area (Å²) in [7, 11) is 1.65. The Hall–Kier alpha value is -2.30. The highest BCUT2D eigenvalue weighted by molar-refractivity contribution is 7.16. The third-order valence-electron chi connectivity index (χ3n) is 5.16. The molecule has 0 radical (unpaired) electrons. The van der Waals surface area contributed by atoms with Gasteiger partial charge >= 0.3 is 0 Å². The van der Waals surface area contributed by atoms with E-state index >= 15 is 0 Å². The van der Waals surface area contributed by atoms with Crippen LogP contribution in [-0.2, 0) is 23.2 Å². The van der Waals surface area contributed by atoms with Gasteiger partial charge in [0.25, 0.3) is 0 Å². The molecule has 138 valence electrons. The van der Waals surface area contributed by atoms with Crippen LogP contribution in [0.3, 0.4) is 0 Å². The van der Waals surface area contributed by atoms with Gasteiger partial charge < -0.3 is 9.64 Å². The van der Waals surface area contributed by atoms with Gasteiger partial charge in [-0.2, -0.15) is 0 Å². The SMILES string of the molecule is COc1ccc(CN2C(=O)C(C)(Cc3ccc(Cl)s3)c3ccccc32)cc1. The molecule has 0 fully saturated rings. The van der Waals surface area contributed by atoms with Gasteiger partial charge in [-0.3, -0.25) is 4.79 Å². The fraction of sp³-hybridized carbons (Fsp3) is 0.227. The molecule has 4 rings (SSSR count). The third-order valence-corrected chi connectivity index (χ3v) is 6.39. The fourth-order valence-corrected chi connectivity index (χ4v) is 4.98. The first kappa shape index (κ1) is 18.1. The molecule has 1 aliphatic heterocycles. The number of hydrogen-bond donors (Lipinski definition) is 0. The lowest BCUT2D eigenvalue weighted by atomic mass is 9.80. The molecular weight excluding hydrogens is 378 g/mol. The number of carbonyl (C=O) groups excluding carboxylic acids is 1. The van der Waals surface area contributed by atoms with Crippen molar-refractivity contribution in [1.29, 1.82) is 0 Å². The van der Waals surface area contributed by atoms with Crippen LogP contribution in [0, 0.1) is 0 Å². The number of nitrogens with zero attached hydrogens (tertiary/aromatic N) is 1. The van der Waals surface area contributed by atoms with Crippen LogP contribution in [0.1, 0.15) is 22.9 Å². The van der Waals surface area contributed by atoms with Crippen molar-refractivity contribution in [2.45, 2.75) is 25.3 Å². The minimum Gasteiger partial charge on any atom is -0.497 e. The van der Waals surface area contributed by atoms with E-state index in [1.54, 1.807) is 7.11 Å². The Morgan fingerprint density at radius 1 is 1.07 bits per heavy atom. The second kappa shape index (κ2) is 7.02. The first-order chi connectivity index (χ1) is 13.0. The normalized spacial score (nSPS) is 18.6. The predicted octanol–water partition coefficient (Wildman–Crippen LogP) is 5.46. The monoisotopic (exact) mass is 397 g/mol. The molecule has 2 heterocycles. The van der Waals surface area contributed by atoms with Gasteiger partial charge in [0.1, 0.15) is 5.75 Å². The molecule has 27 heavy (non-hydrogen) atoms. The molecule has 1 aliphatic rings. The molecule has 0 bridgehead atoms. The van der Waals surface area contributed by atoms with Crippen molar-refractivity contribution in [1.82, 2.24) is 0 Å². The van der Waals surface area contributed by atoms with E-state index < -0.39 is 5.41 Å². The molecule has 3 aromatic rings. The highest BCUT2D eigenvalue weighted by Crippen LogP contribution is 2.45. The quantitative estimate of drug-likeness (QED) is 0.572. The van der Waals surface area contributed by atoms with Crippen molar-refractivity contribution >= 4 is 34.5 Å². The molecule has 1 atom stereocenters. The number of fused-ring (bicyclic) bond motifs is 1. The molecule has 0 aliphatic carbocycles. The Bertz CT molecular complexity index is 982. The second-order valence-electron chi connectivity index (χ2n) is 6.97. The first-order valence-corrected chi connectivity index (χ1v) is 9.99. The van der Waals surface area contributed by atoms with Crippen molar-refractivity contribution < 1.29 is 9.53 Å². The zero-order valence-corrected chi connectivity index (χ0v) is 16.8. The summed E-state index contributed by atoms with van der Waals surface area (Å²) < 4.78 is 5.98. The summed E-state index contributed by atoms with van der Waals surface area (Å²) in [6.07, 6.45) is 0.652. The number of hydrogen-bond acceptors (Lipinski definition) is 3. The van der Waals surface area contributed by atoms with Crippen LogP contribution in [0.25, 0.3) is 0 Å². The topological polar surface area (TPSA) is 29.5 Å². The summed E-state index contributed by atoms with van der Waals surface area (Å²) in [5, 5.41) is 0. The number of halogens is 1. The van der Waals surface area contributed by atoms with E-state index in [9.17, 15) is 4.79 Å². The van der Waals surface area contributed by atoms with Gasteiger partial charge in [0.15, 0.2) is 0 Å². The van der Waals surface area contributed by atoms with Crippen molar-refractivity contribution in [3.05, 3.63) is 81.0 Å². The van der Waals surface area contributed by atoms with Crippen LogP contribution in [0.2, 0.25) is 4.34 Å². The lowest BCUT2D eigenvalue weighted by Gasteiger charge is -2.24. The van der Waals surface area contributed by atoms with E-state index in [4.69, 9.17) is 16.3 Å². The lowest BCUT2D eigenvalue weighted by molar-refractivity contribution is -0.122. The van der Waals surface area contributed by atoms with E-state index in [2.05, 4.69) is 6.07 Å². The Kier molecular flexibility index (Phi) is 4.70. The fourth-order valence-electron chi connectivity index (χ4n) is 3.73. The van der Waals surface area contributed by atoms with E-state index in [1.165, 1.54) is 11.3 Å². The average Bonchev–Trinajstić information content (AvgIpc) is 3.18. The molecule has 0 spiro atoms. The van der Waals surface area contributed by atoms with Crippen molar-refractivity contribution in [3.8, 4) is 5.75 Å². The van der Waals surface area contributed by atoms with Crippen molar-refractivity contribution in [2.24, 2.45) is 0 Å². The molecule has 0 saturated carbocycles.